The molecule has 1 N–H and O–H groups in total. The molecule has 0 fully saturated rings. The Morgan fingerprint density at radius 1 is 1.00 bits per heavy atom. The summed E-state index contributed by atoms with van der Waals surface area (Å²) in [5.74, 6) is -4.10. The van der Waals surface area contributed by atoms with Crippen LogP contribution in [0.5, 0.6) is 0 Å². The minimum Gasteiger partial charge on any atom is -0.308 e. The highest BCUT2D eigenvalue weighted by atomic mass is 19.3. The standard InChI is InChI=1S/C16H23F4N/c1-5-10-8-11(6-2)13(12(7-3)9-10)14(21-4)16(19,20)15(17)18/h8-9,14-15,21H,5-7H2,1-4H3. The van der Waals surface area contributed by atoms with E-state index < -0.39 is 18.4 Å². The molecule has 1 atom stereocenters. The van der Waals surface area contributed by atoms with Crippen molar-refractivity contribution in [3.05, 3.63) is 34.4 Å². The predicted octanol–water partition coefficient (Wildman–Crippen LogP) is 4.53. The van der Waals surface area contributed by atoms with Gasteiger partial charge in [-0.25, -0.2) is 8.78 Å². The van der Waals surface area contributed by atoms with Crippen LogP contribution in [0.1, 0.15) is 49.1 Å². The summed E-state index contributed by atoms with van der Waals surface area (Å²) in [6.07, 6.45) is -1.84. The summed E-state index contributed by atoms with van der Waals surface area (Å²) < 4.78 is 53.3. The zero-order valence-electron chi connectivity index (χ0n) is 12.9. The summed E-state index contributed by atoms with van der Waals surface area (Å²) in [5, 5.41) is 2.40. The predicted molar refractivity (Wildman–Crippen MR) is 77.3 cm³/mol. The lowest BCUT2D eigenvalue weighted by molar-refractivity contribution is -0.150. The lowest BCUT2D eigenvalue weighted by Crippen LogP contribution is -2.42. The van der Waals surface area contributed by atoms with Crippen LogP contribution in [0.2, 0.25) is 0 Å². The molecule has 1 nitrogen and oxygen atoms in total. The molecule has 120 valence electrons. The number of hydrogen-bond acceptors (Lipinski definition) is 1. The van der Waals surface area contributed by atoms with E-state index in [-0.39, 0.29) is 0 Å². The summed E-state index contributed by atoms with van der Waals surface area (Å²) in [6.45, 7) is 5.69. The van der Waals surface area contributed by atoms with Gasteiger partial charge in [0, 0.05) is 0 Å². The minimum atomic E-state index is -4.10. The van der Waals surface area contributed by atoms with Crippen molar-refractivity contribution >= 4 is 0 Å². The molecule has 0 heterocycles. The number of halogens is 4. The molecule has 0 aromatic heterocycles. The van der Waals surface area contributed by atoms with Gasteiger partial charge in [0.2, 0.25) is 0 Å². The second-order valence-corrected chi connectivity index (χ2v) is 5.09. The summed E-state index contributed by atoms with van der Waals surface area (Å²) in [7, 11) is 1.30. The molecule has 1 aromatic carbocycles. The zero-order chi connectivity index (χ0) is 16.2. The van der Waals surface area contributed by atoms with Gasteiger partial charge in [-0.3, -0.25) is 0 Å². The zero-order valence-corrected chi connectivity index (χ0v) is 12.9. The Hall–Kier alpha value is -1.10. The monoisotopic (exact) mass is 305 g/mol. The van der Waals surface area contributed by atoms with Crippen LogP contribution in [0, 0.1) is 0 Å². The van der Waals surface area contributed by atoms with Gasteiger partial charge in [-0.15, -0.1) is 0 Å². The average molecular weight is 305 g/mol. The molecule has 1 aromatic rings. The molecule has 21 heavy (non-hydrogen) atoms. The van der Waals surface area contributed by atoms with Crippen molar-refractivity contribution in [2.45, 2.75) is 58.4 Å². The second-order valence-electron chi connectivity index (χ2n) is 5.09. The molecule has 0 radical (unpaired) electrons. The van der Waals surface area contributed by atoms with Gasteiger partial charge in [0.15, 0.2) is 0 Å². The number of nitrogens with one attached hydrogen (secondary N) is 1. The van der Waals surface area contributed by atoms with Crippen molar-refractivity contribution in [3.63, 3.8) is 0 Å². The maximum Gasteiger partial charge on any atom is 0.326 e. The van der Waals surface area contributed by atoms with Crippen molar-refractivity contribution in [2.24, 2.45) is 0 Å². The van der Waals surface area contributed by atoms with Gasteiger partial charge in [0.25, 0.3) is 0 Å². The summed E-state index contributed by atoms with van der Waals surface area (Å²) >= 11 is 0. The fourth-order valence-electron chi connectivity index (χ4n) is 2.67. The van der Waals surface area contributed by atoms with E-state index in [1.807, 2.05) is 32.9 Å². The molecule has 1 unspecified atom stereocenters. The van der Waals surface area contributed by atoms with Gasteiger partial charge < -0.3 is 5.32 Å². The molecule has 0 bridgehead atoms. The van der Waals surface area contributed by atoms with E-state index in [1.165, 1.54) is 7.05 Å². The first kappa shape index (κ1) is 18.0. The fraction of sp³-hybridized carbons (Fsp3) is 0.625. The molecule has 0 aliphatic rings. The topological polar surface area (TPSA) is 12.0 Å². The Balaban J connectivity index is 3.51. The molecule has 5 heteroatoms. The number of hydrogen-bond donors (Lipinski definition) is 1. The molecule has 0 saturated carbocycles. The van der Waals surface area contributed by atoms with Crippen molar-refractivity contribution < 1.29 is 17.6 Å². The number of alkyl halides is 4. The SMILES string of the molecule is CCc1cc(CC)c(C(NC)C(F)(F)C(F)F)c(CC)c1. The number of rotatable bonds is 7. The maximum atomic E-state index is 13.9. The molecular weight excluding hydrogens is 282 g/mol. The molecule has 0 aliphatic carbocycles. The van der Waals surface area contributed by atoms with E-state index in [2.05, 4.69) is 5.32 Å². The summed E-state index contributed by atoms with van der Waals surface area (Å²) in [6, 6.07) is 2.02. The molecular formula is C16H23F4N. The van der Waals surface area contributed by atoms with Crippen molar-refractivity contribution in [1.82, 2.24) is 5.32 Å². The highest BCUT2D eigenvalue weighted by Gasteiger charge is 2.49. The molecule has 1 rings (SSSR count). The Bertz CT molecular complexity index is 446. The minimum absolute atomic E-state index is 0.324. The largest absolute Gasteiger partial charge is 0.326 e. The van der Waals surface area contributed by atoms with Crippen molar-refractivity contribution in [2.75, 3.05) is 7.05 Å². The first-order valence-corrected chi connectivity index (χ1v) is 7.31. The van der Waals surface area contributed by atoms with Crippen LogP contribution < -0.4 is 5.32 Å². The first-order chi connectivity index (χ1) is 9.83. The van der Waals surface area contributed by atoms with Gasteiger partial charge in [-0.2, -0.15) is 8.78 Å². The van der Waals surface area contributed by atoms with Crippen LogP contribution in [-0.4, -0.2) is 19.4 Å². The number of benzene rings is 1. The first-order valence-electron chi connectivity index (χ1n) is 7.31. The summed E-state index contributed by atoms with van der Waals surface area (Å²) in [5.41, 5.74) is 2.80. The Morgan fingerprint density at radius 2 is 1.48 bits per heavy atom. The van der Waals surface area contributed by atoms with E-state index in [0.29, 0.717) is 29.5 Å². The second kappa shape index (κ2) is 7.25. The lowest BCUT2D eigenvalue weighted by Gasteiger charge is -2.30. The van der Waals surface area contributed by atoms with Gasteiger partial charge in [-0.1, -0.05) is 32.9 Å². The van der Waals surface area contributed by atoms with Crippen LogP contribution in [-0.2, 0) is 19.3 Å². The summed E-state index contributed by atoms with van der Waals surface area (Å²) in [4.78, 5) is 0. The van der Waals surface area contributed by atoms with Crippen LogP contribution in [0.15, 0.2) is 12.1 Å². The van der Waals surface area contributed by atoms with Crippen molar-refractivity contribution in [3.8, 4) is 0 Å². The van der Waals surface area contributed by atoms with Crippen molar-refractivity contribution in [1.29, 1.82) is 0 Å². The van der Waals surface area contributed by atoms with E-state index >= 15 is 0 Å². The van der Waals surface area contributed by atoms with Gasteiger partial charge in [0.1, 0.15) is 6.04 Å². The van der Waals surface area contributed by atoms with E-state index in [4.69, 9.17) is 0 Å². The molecule has 0 aliphatic heterocycles. The van der Waals surface area contributed by atoms with Crippen LogP contribution in [0.3, 0.4) is 0 Å². The highest BCUT2D eigenvalue weighted by molar-refractivity contribution is 5.43. The van der Waals surface area contributed by atoms with E-state index in [0.717, 1.165) is 12.0 Å². The fourth-order valence-corrected chi connectivity index (χ4v) is 2.67. The van der Waals surface area contributed by atoms with E-state index in [9.17, 15) is 17.6 Å². The van der Waals surface area contributed by atoms with Gasteiger partial charge >= 0.3 is 12.3 Å². The van der Waals surface area contributed by atoms with Crippen LogP contribution in [0.25, 0.3) is 0 Å². The van der Waals surface area contributed by atoms with Crippen LogP contribution >= 0.6 is 0 Å². The quantitative estimate of drug-likeness (QED) is 0.730. The Labute approximate surface area is 123 Å². The lowest BCUT2D eigenvalue weighted by atomic mass is 9.87. The maximum absolute atomic E-state index is 13.9. The van der Waals surface area contributed by atoms with E-state index in [1.54, 1.807) is 0 Å². The third-order valence-electron chi connectivity index (χ3n) is 3.83. The Kier molecular flexibility index (Phi) is 6.20. The molecule has 0 amide bonds. The van der Waals surface area contributed by atoms with Gasteiger partial charge in [0.05, 0.1) is 0 Å². The average Bonchev–Trinajstić information content (AvgIpc) is 2.47. The molecule has 0 spiro atoms. The van der Waals surface area contributed by atoms with Gasteiger partial charge in [-0.05, 0) is 48.6 Å². The normalized spacial score (nSPS) is 13.8. The smallest absolute Gasteiger partial charge is 0.308 e. The third-order valence-corrected chi connectivity index (χ3v) is 3.83. The Morgan fingerprint density at radius 3 is 1.76 bits per heavy atom. The molecule has 0 saturated heterocycles. The number of aryl methyl sites for hydroxylation is 3. The highest BCUT2D eigenvalue weighted by Crippen LogP contribution is 2.40. The van der Waals surface area contributed by atoms with Crippen LogP contribution in [0.4, 0.5) is 17.6 Å². The third kappa shape index (κ3) is 3.57.